The first-order valence-corrected chi connectivity index (χ1v) is 15.9. The second kappa shape index (κ2) is 11.8. The molecule has 0 aliphatic carbocycles. The van der Waals surface area contributed by atoms with Crippen molar-refractivity contribution in [3.05, 3.63) is 114 Å². The van der Waals surface area contributed by atoms with Gasteiger partial charge in [0.25, 0.3) is 0 Å². The van der Waals surface area contributed by atoms with Gasteiger partial charge in [-0.25, -0.2) is 22.0 Å². The molecule has 1 saturated heterocycles. The molecule has 0 radical (unpaired) electrons. The van der Waals surface area contributed by atoms with E-state index in [0.717, 1.165) is 59.0 Å². The summed E-state index contributed by atoms with van der Waals surface area (Å²) in [6, 6.07) is 21.6. The van der Waals surface area contributed by atoms with Gasteiger partial charge in [-0.05, 0) is 59.4 Å². The van der Waals surface area contributed by atoms with Crippen molar-refractivity contribution in [1.82, 2.24) is 9.88 Å². The summed E-state index contributed by atoms with van der Waals surface area (Å²) >= 11 is 0. The van der Waals surface area contributed by atoms with Crippen LogP contribution in [-0.4, -0.2) is 43.1 Å². The van der Waals surface area contributed by atoms with Gasteiger partial charge in [-0.2, -0.15) is 0 Å². The van der Waals surface area contributed by atoms with Crippen LogP contribution < -0.4 is 9.47 Å². The Bertz CT molecular complexity index is 1720. The number of benzene rings is 3. The van der Waals surface area contributed by atoms with Crippen LogP contribution in [0, 0.1) is 11.6 Å². The lowest BCUT2D eigenvalue weighted by Gasteiger charge is -2.44. The maximum Gasteiger partial charge on any atom is 0.415 e. The number of hydrogen-bond donors (Lipinski definition) is 0. The van der Waals surface area contributed by atoms with Crippen molar-refractivity contribution >= 4 is 15.9 Å². The number of piperidine rings is 1. The first kappa shape index (κ1) is 28.8. The van der Waals surface area contributed by atoms with Gasteiger partial charge < -0.3 is 14.4 Å². The van der Waals surface area contributed by atoms with E-state index in [9.17, 15) is 22.0 Å². The molecule has 0 N–H and O–H groups in total. The van der Waals surface area contributed by atoms with Gasteiger partial charge in [0, 0.05) is 50.3 Å². The molecule has 4 aromatic rings. The summed E-state index contributed by atoms with van der Waals surface area (Å²) in [5.41, 5.74) is 3.97. The SMILES string of the molecule is O=C(Oc1cc(F)cc(F)c1)N1CCC2(CCc3cc(-c4ccc(CS(=O)(=O)Cc5ccccn5)cc4)ccc3O2)CC1. The van der Waals surface area contributed by atoms with E-state index in [0.29, 0.717) is 31.6 Å². The molecule has 0 saturated carbocycles. The summed E-state index contributed by atoms with van der Waals surface area (Å²) in [6.45, 7) is 0.821. The van der Waals surface area contributed by atoms with Crippen molar-refractivity contribution in [2.75, 3.05) is 13.1 Å². The highest BCUT2D eigenvalue weighted by Crippen LogP contribution is 2.41. The number of aryl methyl sites for hydroxylation is 1. The molecule has 1 aromatic heterocycles. The van der Waals surface area contributed by atoms with E-state index in [-0.39, 0.29) is 17.3 Å². The maximum absolute atomic E-state index is 13.5. The number of likely N-dealkylation sites (tertiary alicyclic amines) is 1. The fourth-order valence-corrected chi connectivity index (χ4v) is 7.13. The van der Waals surface area contributed by atoms with Gasteiger partial charge in [-0.15, -0.1) is 0 Å². The van der Waals surface area contributed by atoms with Crippen molar-refractivity contribution < 1.29 is 31.5 Å². The molecule has 43 heavy (non-hydrogen) atoms. The molecule has 3 heterocycles. The van der Waals surface area contributed by atoms with Gasteiger partial charge in [-0.1, -0.05) is 36.4 Å². The molecule has 1 fully saturated rings. The highest BCUT2D eigenvalue weighted by atomic mass is 32.2. The van der Waals surface area contributed by atoms with E-state index in [2.05, 4.69) is 11.1 Å². The molecule has 1 amide bonds. The monoisotopic (exact) mass is 604 g/mol. The Balaban J connectivity index is 1.06. The van der Waals surface area contributed by atoms with Crippen molar-refractivity contribution in [2.45, 2.75) is 42.8 Å². The number of carbonyl (C=O) groups excluding carboxylic acids is 1. The Morgan fingerprint density at radius 1 is 0.884 bits per heavy atom. The molecule has 222 valence electrons. The predicted molar refractivity (Wildman–Crippen MR) is 157 cm³/mol. The lowest BCUT2D eigenvalue weighted by Crippen LogP contribution is -2.51. The maximum atomic E-state index is 13.5. The van der Waals surface area contributed by atoms with Gasteiger partial charge in [-0.3, -0.25) is 4.98 Å². The van der Waals surface area contributed by atoms with Crippen LogP contribution in [0.1, 0.15) is 36.1 Å². The minimum Gasteiger partial charge on any atom is -0.487 e. The molecule has 2 aliphatic rings. The van der Waals surface area contributed by atoms with Crippen LogP contribution in [0.15, 0.2) is 85.1 Å². The van der Waals surface area contributed by atoms with Crippen LogP contribution in [0.25, 0.3) is 11.1 Å². The minimum atomic E-state index is -3.35. The number of rotatable bonds is 6. The largest absolute Gasteiger partial charge is 0.487 e. The fraction of sp³-hybridized carbons (Fsp3) is 0.273. The van der Waals surface area contributed by atoms with Crippen LogP contribution >= 0.6 is 0 Å². The lowest BCUT2D eigenvalue weighted by molar-refractivity contribution is -0.00949. The van der Waals surface area contributed by atoms with E-state index in [1.54, 1.807) is 24.4 Å². The molecule has 6 rings (SSSR count). The number of amides is 1. The summed E-state index contributed by atoms with van der Waals surface area (Å²) < 4.78 is 63.9. The van der Waals surface area contributed by atoms with Gasteiger partial charge in [0.1, 0.15) is 28.7 Å². The number of fused-ring (bicyclic) bond motifs is 1. The molecule has 2 aliphatic heterocycles. The summed E-state index contributed by atoms with van der Waals surface area (Å²) in [5, 5.41) is 0. The third kappa shape index (κ3) is 6.85. The average molecular weight is 605 g/mol. The highest BCUT2D eigenvalue weighted by molar-refractivity contribution is 7.89. The number of pyridine rings is 1. The first-order chi connectivity index (χ1) is 20.7. The topological polar surface area (TPSA) is 85.8 Å². The predicted octanol–water partition coefficient (Wildman–Crippen LogP) is 6.50. The summed E-state index contributed by atoms with van der Waals surface area (Å²) in [5.74, 6) is -1.11. The zero-order valence-corrected chi connectivity index (χ0v) is 24.2. The Hall–Kier alpha value is -4.31. The van der Waals surface area contributed by atoms with E-state index >= 15 is 0 Å². The lowest BCUT2D eigenvalue weighted by atomic mass is 9.82. The van der Waals surface area contributed by atoms with E-state index in [1.807, 2.05) is 36.4 Å². The average Bonchev–Trinajstić information content (AvgIpc) is 2.97. The second-order valence-electron chi connectivity index (χ2n) is 11.1. The standard InChI is InChI=1S/C33H30F2N2O5S/c34-27-18-28(35)20-30(19-27)41-32(38)37-15-12-33(13-16-37)11-10-26-17-25(8-9-31(26)42-33)24-6-4-23(5-7-24)21-43(39,40)22-29-3-1-2-14-36-29/h1-9,14,17-20H,10-13,15-16,21-22H2. The molecule has 3 aromatic carbocycles. The van der Waals surface area contributed by atoms with Crippen LogP contribution in [0.4, 0.5) is 13.6 Å². The van der Waals surface area contributed by atoms with Crippen LogP contribution in [0.5, 0.6) is 11.5 Å². The number of aromatic nitrogens is 1. The Labute approximate surface area is 249 Å². The number of halogens is 2. The van der Waals surface area contributed by atoms with Crippen molar-refractivity contribution in [3.63, 3.8) is 0 Å². The molecule has 0 atom stereocenters. The van der Waals surface area contributed by atoms with Crippen LogP contribution in [0.2, 0.25) is 0 Å². The molecular formula is C33H30F2N2O5S. The number of nitrogens with zero attached hydrogens (tertiary/aromatic N) is 2. The Morgan fingerprint density at radius 3 is 2.30 bits per heavy atom. The molecular weight excluding hydrogens is 574 g/mol. The van der Waals surface area contributed by atoms with Crippen LogP contribution in [-0.2, 0) is 27.8 Å². The molecule has 1 spiro atoms. The quantitative estimate of drug-likeness (QED) is 0.250. The molecule has 10 heteroatoms. The summed E-state index contributed by atoms with van der Waals surface area (Å²) in [7, 11) is -3.35. The van der Waals surface area contributed by atoms with Gasteiger partial charge in [0.15, 0.2) is 9.84 Å². The normalized spacial score (nSPS) is 15.9. The fourth-order valence-electron chi connectivity index (χ4n) is 5.71. The highest BCUT2D eigenvalue weighted by Gasteiger charge is 2.41. The summed E-state index contributed by atoms with van der Waals surface area (Å²) in [6.07, 6.45) is 3.80. The van der Waals surface area contributed by atoms with Gasteiger partial charge in [0.05, 0.1) is 17.2 Å². The van der Waals surface area contributed by atoms with Gasteiger partial charge in [0.2, 0.25) is 0 Å². The molecule has 0 bridgehead atoms. The van der Waals surface area contributed by atoms with Crippen molar-refractivity contribution in [1.29, 1.82) is 0 Å². The van der Waals surface area contributed by atoms with E-state index in [4.69, 9.17) is 9.47 Å². The molecule has 0 unspecified atom stereocenters. The number of ether oxygens (including phenoxy) is 2. The zero-order valence-electron chi connectivity index (χ0n) is 23.3. The second-order valence-corrected chi connectivity index (χ2v) is 13.2. The van der Waals surface area contributed by atoms with E-state index < -0.39 is 33.2 Å². The van der Waals surface area contributed by atoms with E-state index in [1.165, 1.54) is 4.90 Å². The third-order valence-corrected chi connectivity index (χ3v) is 9.49. The van der Waals surface area contributed by atoms with Crippen LogP contribution in [0.3, 0.4) is 0 Å². The van der Waals surface area contributed by atoms with Crippen molar-refractivity contribution in [3.8, 4) is 22.6 Å². The zero-order chi connectivity index (χ0) is 30.0. The third-order valence-electron chi connectivity index (χ3n) is 7.98. The Kier molecular flexibility index (Phi) is 7.87. The number of sulfone groups is 1. The van der Waals surface area contributed by atoms with Crippen molar-refractivity contribution in [2.24, 2.45) is 0 Å². The number of hydrogen-bond acceptors (Lipinski definition) is 6. The molecule has 7 nitrogen and oxygen atoms in total. The first-order valence-electron chi connectivity index (χ1n) is 14.1. The number of carbonyl (C=O) groups is 1. The minimum absolute atomic E-state index is 0.0531. The Morgan fingerprint density at radius 2 is 1.60 bits per heavy atom. The summed E-state index contributed by atoms with van der Waals surface area (Å²) in [4.78, 5) is 18.2. The smallest absolute Gasteiger partial charge is 0.415 e. The van der Waals surface area contributed by atoms with Gasteiger partial charge >= 0.3 is 6.09 Å².